The lowest BCUT2D eigenvalue weighted by Gasteiger charge is -2.17. The molecule has 2 N–H and O–H groups in total. The molecule has 0 aliphatic carbocycles. The molecular weight excluding hydrogens is 176 g/mol. The molecule has 0 aliphatic rings. The molecule has 0 spiro atoms. The molecule has 2 unspecified atom stereocenters. The zero-order chi connectivity index (χ0) is 10.6. The molecule has 1 rings (SSSR count). The summed E-state index contributed by atoms with van der Waals surface area (Å²) >= 11 is 0. The zero-order valence-corrected chi connectivity index (χ0v) is 9.20. The van der Waals surface area contributed by atoms with Crippen molar-refractivity contribution in [3.63, 3.8) is 0 Å². The van der Waals surface area contributed by atoms with Gasteiger partial charge in [0.05, 0.1) is 6.10 Å². The van der Waals surface area contributed by atoms with Crippen LogP contribution in [0.15, 0.2) is 18.3 Å². The fourth-order valence-electron chi connectivity index (χ4n) is 1.68. The van der Waals surface area contributed by atoms with Crippen LogP contribution in [0.4, 0.5) is 0 Å². The molecule has 0 fully saturated rings. The fraction of sp³-hybridized carbons (Fsp3) is 0.636. The van der Waals surface area contributed by atoms with Crippen LogP contribution in [0.3, 0.4) is 0 Å². The third kappa shape index (κ3) is 2.86. The second-order valence-corrected chi connectivity index (χ2v) is 3.71. The summed E-state index contributed by atoms with van der Waals surface area (Å²) in [4.78, 5) is 0. The predicted molar refractivity (Wildman–Crippen MR) is 58.2 cm³/mol. The van der Waals surface area contributed by atoms with E-state index in [9.17, 15) is 5.11 Å². The van der Waals surface area contributed by atoms with Gasteiger partial charge in [-0.3, -0.25) is 0 Å². The van der Waals surface area contributed by atoms with Crippen LogP contribution < -0.4 is 5.32 Å². The Morgan fingerprint density at radius 1 is 1.50 bits per heavy atom. The molecule has 3 heteroatoms. The van der Waals surface area contributed by atoms with Crippen LogP contribution >= 0.6 is 0 Å². The minimum absolute atomic E-state index is 0.296. The zero-order valence-electron chi connectivity index (χ0n) is 9.20. The molecule has 2 atom stereocenters. The molecule has 80 valence electrons. The van der Waals surface area contributed by atoms with Gasteiger partial charge in [-0.25, -0.2) is 0 Å². The smallest absolute Gasteiger partial charge is 0.0690 e. The van der Waals surface area contributed by atoms with Crippen molar-refractivity contribution in [3.05, 3.63) is 24.0 Å². The standard InChI is InChI=1S/C11H20N2O/c1-4-12-10(3)11-6-5-7-13(11)8-9(2)14/h5-7,9-10,12,14H,4,8H2,1-3H3. The molecule has 1 heterocycles. The van der Waals surface area contributed by atoms with E-state index >= 15 is 0 Å². The van der Waals surface area contributed by atoms with Crippen molar-refractivity contribution >= 4 is 0 Å². The first kappa shape index (κ1) is 11.3. The molecule has 0 radical (unpaired) electrons. The Hall–Kier alpha value is -0.800. The quantitative estimate of drug-likeness (QED) is 0.749. The third-order valence-electron chi connectivity index (χ3n) is 2.28. The Balaban J connectivity index is 2.70. The predicted octanol–water partition coefficient (Wildman–Crippen LogP) is 1.54. The maximum absolute atomic E-state index is 9.32. The number of rotatable bonds is 5. The van der Waals surface area contributed by atoms with E-state index in [-0.39, 0.29) is 6.10 Å². The first-order chi connectivity index (χ1) is 6.65. The van der Waals surface area contributed by atoms with Crippen LogP contribution in [0.25, 0.3) is 0 Å². The number of nitrogens with zero attached hydrogens (tertiary/aromatic N) is 1. The minimum atomic E-state index is -0.296. The largest absolute Gasteiger partial charge is 0.392 e. The monoisotopic (exact) mass is 196 g/mol. The Morgan fingerprint density at radius 2 is 2.21 bits per heavy atom. The summed E-state index contributed by atoms with van der Waals surface area (Å²) in [7, 11) is 0. The summed E-state index contributed by atoms with van der Waals surface area (Å²) in [5.41, 5.74) is 1.23. The molecule has 14 heavy (non-hydrogen) atoms. The minimum Gasteiger partial charge on any atom is -0.392 e. The molecule has 0 aliphatic heterocycles. The molecule has 0 saturated heterocycles. The lowest BCUT2D eigenvalue weighted by Crippen LogP contribution is -2.22. The van der Waals surface area contributed by atoms with Crippen molar-refractivity contribution < 1.29 is 5.11 Å². The van der Waals surface area contributed by atoms with E-state index in [1.165, 1.54) is 5.69 Å². The van der Waals surface area contributed by atoms with Crippen LogP contribution in [0.1, 0.15) is 32.5 Å². The number of aliphatic hydroxyl groups excluding tert-OH is 1. The second kappa shape index (κ2) is 5.17. The van der Waals surface area contributed by atoms with Crippen LogP contribution in [0, 0.1) is 0 Å². The summed E-state index contributed by atoms with van der Waals surface area (Å²) in [6.07, 6.45) is 1.71. The first-order valence-corrected chi connectivity index (χ1v) is 5.21. The van der Waals surface area contributed by atoms with Crippen molar-refractivity contribution in [2.75, 3.05) is 6.54 Å². The molecule has 1 aromatic rings. The van der Waals surface area contributed by atoms with Crippen molar-refractivity contribution in [3.8, 4) is 0 Å². The van der Waals surface area contributed by atoms with E-state index in [4.69, 9.17) is 0 Å². The van der Waals surface area contributed by atoms with E-state index in [2.05, 4.69) is 29.8 Å². The van der Waals surface area contributed by atoms with Crippen molar-refractivity contribution in [2.45, 2.75) is 39.5 Å². The molecule has 3 nitrogen and oxygen atoms in total. The average Bonchev–Trinajstić information content (AvgIpc) is 2.51. The number of hydrogen-bond acceptors (Lipinski definition) is 2. The SMILES string of the molecule is CCNC(C)c1cccn1CC(C)O. The lowest BCUT2D eigenvalue weighted by molar-refractivity contribution is 0.172. The van der Waals surface area contributed by atoms with Crippen molar-refractivity contribution in [1.82, 2.24) is 9.88 Å². The topological polar surface area (TPSA) is 37.2 Å². The number of aliphatic hydroxyl groups is 1. The summed E-state index contributed by atoms with van der Waals surface area (Å²) in [6, 6.07) is 4.45. The van der Waals surface area contributed by atoms with Gasteiger partial charge in [-0.1, -0.05) is 6.92 Å². The Kier molecular flexibility index (Phi) is 4.17. The summed E-state index contributed by atoms with van der Waals surface area (Å²) in [5.74, 6) is 0. The average molecular weight is 196 g/mol. The highest BCUT2D eigenvalue weighted by atomic mass is 16.3. The molecule has 0 bridgehead atoms. The van der Waals surface area contributed by atoms with E-state index in [1.807, 2.05) is 19.2 Å². The molecule has 1 aromatic heterocycles. The van der Waals surface area contributed by atoms with Gasteiger partial charge in [-0.15, -0.1) is 0 Å². The molecular formula is C11H20N2O. The molecule has 0 amide bonds. The van der Waals surface area contributed by atoms with Crippen LogP contribution in [-0.4, -0.2) is 22.3 Å². The summed E-state index contributed by atoms with van der Waals surface area (Å²) < 4.78 is 2.10. The maximum atomic E-state index is 9.32. The van der Waals surface area contributed by atoms with Crippen LogP contribution in [-0.2, 0) is 6.54 Å². The Labute approximate surface area is 85.7 Å². The van der Waals surface area contributed by atoms with Gasteiger partial charge in [0.2, 0.25) is 0 Å². The van der Waals surface area contributed by atoms with Gasteiger partial charge < -0.3 is 15.0 Å². The Bertz CT molecular complexity index is 268. The third-order valence-corrected chi connectivity index (χ3v) is 2.28. The highest BCUT2D eigenvalue weighted by Gasteiger charge is 2.09. The van der Waals surface area contributed by atoms with E-state index < -0.39 is 0 Å². The van der Waals surface area contributed by atoms with E-state index in [1.54, 1.807) is 0 Å². The first-order valence-electron chi connectivity index (χ1n) is 5.21. The normalized spacial score (nSPS) is 15.4. The van der Waals surface area contributed by atoms with Crippen LogP contribution in [0.2, 0.25) is 0 Å². The van der Waals surface area contributed by atoms with Crippen molar-refractivity contribution in [2.24, 2.45) is 0 Å². The maximum Gasteiger partial charge on any atom is 0.0690 e. The van der Waals surface area contributed by atoms with Gasteiger partial charge in [0.25, 0.3) is 0 Å². The Morgan fingerprint density at radius 3 is 2.79 bits per heavy atom. The highest BCUT2D eigenvalue weighted by molar-refractivity contribution is 5.11. The van der Waals surface area contributed by atoms with Gasteiger partial charge in [0.15, 0.2) is 0 Å². The van der Waals surface area contributed by atoms with Crippen LogP contribution in [0.5, 0.6) is 0 Å². The highest BCUT2D eigenvalue weighted by Crippen LogP contribution is 2.13. The number of aromatic nitrogens is 1. The number of hydrogen-bond donors (Lipinski definition) is 2. The summed E-state index contributed by atoms with van der Waals surface area (Å²) in [5, 5.41) is 12.7. The van der Waals surface area contributed by atoms with Gasteiger partial charge >= 0.3 is 0 Å². The van der Waals surface area contributed by atoms with Crippen molar-refractivity contribution in [1.29, 1.82) is 0 Å². The fourth-order valence-corrected chi connectivity index (χ4v) is 1.68. The van der Waals surface area contributed by atoms with E-state index in [0.717, 1.165) is 6.54 Å². The summed E-state index contributed by atoms with van der Waals surface area (Å²) in [6.45, 7) is 7.66. The lowest BCUT2D eigenvalue weighted by atomic mass is 10.2. The number of nitrogens with one attached hydrogen (secondary N) is 1. The molecule has 0 aromatic carbocycles. The van der Waals surface area contributed by atoms with Gasteiger partial charge in [0.1, 0.15) is 0 Å². The van der Waals surface area contributed by atoms with Gasteiger partial charge in [-0.2, -0.15) is 0 Å². The van der Waals surface area contributed by atoms with E-state index in [0.29, 0.717) is 12.6 Å². The van der Waals surface area contributed by atoms with Gasteiger partial charge in [-0.05, 0) is 32.5 Å². The second-order valence-electron chi connectivity index (χ2n) is 3.71. The van der Waals surface area contributed by atoms with Gasteiger partial charge in [0, 0.05) is 24.5 Å². The molecule has 0 saturated carbocycles.